The van der Waals surface area contributed by atoms with Gasteiger partial charge in [0, 0.05) is 39.1 Å². The summed E-state index contributed by atoms with van der Waals surface area (Å²) in [6.45, 7) is 2.88. The number of likely N-dealkylation sites (tertiary alicyclic amines) is 1. The number of nitrogens with zero attached hydrogens (tertiary/aromatic N) is 2. The Morgan fingerprint density at radius 2 is 1.97 bits per heavy atom. The Morgan fingerprint density at radius 3 is 2.67 bits per heavy atom. The van der Waals surface area contributed by atoms with Gasteiger partial charge in [-0.2, -0.15) is 0 Å². The lowest BCUT2D eigenvalue weighted by molar-refractivity contribution is -0.120. The number of benzene rings is 2. The Hall–Kier alpha value is -3.09. The van der Waals surface area contributed by atoms with Crippen LogP contribution in [0.5, 0.6) is 5.75 Å². The summed E-state index contributed by atoms with van der Waals surface area (Å²) in [5, 5.41) is 6.17. The first-order chi connectivity index (χ1) is 14.6. The summed E-state index contributed by atoms with van der Waals surface area (Å²) >= 11 is 0. The van der Waals surface area contributed by atoms with Crippen molar-refractivity contribution in [3.8, 4) is 5.75 Å². The molecule has 160 valence electrons. The van der Waals surface area contributed by atoms with Crippen molar-refractivity contribution in [1.82, 2.24) is 15.5 Å². The quantitative estimate of drug-likeness (QED) is 0.417. The number of guanidine groups is 1. The summed E-state index contributed by atoms with van der Waals surface area (Å²) in [5.41, 5.74) is 1.97. The zero-order chi connectivity index (χ0) is 21.3. The van der Waals surface area contributed by atoms with Crippen LogP contribution in [0.15, 0.2) is 53.5 Å². The molecule has 1 unspecified atom stereocenters. The number of carbonyl (C=O) groups is 1. The fraction of sp³-hybridized carbons (Fsp3) is 0.391. The molecule has 7 heteroatoms. The monoisotopic (exact) mass is 412 g/mol. The number of methoxy groups -OCH3 is 1. The molecule has 30 heavy (non-hydrogen) atoms. The zero-order valence-corrected chi connectivity index (χ0v) is 17.5. The summed E-state index contributed by atoms with van der Waals surface area (Å²) in [4.78, 5) is 18.6. The molecule has 2 aromatic carbocycles. The number of hydrogen-bond acceptors (Lipinski definition) is 3. The minimum absolute atomic E-state index is 0.127. The van der Waals surface area contributed by atoms with Gasteiger partial charge in [-0.15, -0.1) is 0 Å². The van der Waals surface area contributed by atoms with Gasteiger partial charge in [0.25, 0.3) is 0 Å². The summed E-state index contributed by atoms with van der Waals surface area (Å²) in [6.07, 6.45) is 1.24. The highest BCUT2D eigenvalue weighted by Crippen LogP contribution is 2.28. The van der Waals surface area contributed by atoms with Gasteiger partial charge in [0.1, 0.15) is 11.6 Å². The first-order valence-electron chi connectivity index (χ1n) is 10.2. The van der Waals surface area contributed by atoms with Gasteiger partial charge in [-0.3, -0.25) is 9.79 Å². The average molecular weight is 413 g/mol. The van der Waals surface area contributed by atoms with Crippen LogP contribution in [-0.4, -0.2) is 57.1 Å². The highest BCUT2D eigenvalue weighted by atomic mass is 19.1. The molecule has 0 saturated carbocycles. The number of carbonyl (C=O) groups excluding carboxylic acids is 1. The summed E-state index contributed by atoms with van der Waals surface area (Å²) in [5.74, 6) is 1.71. The zero-order valence-electron chi connectivity index (χ0n) is 17.5. The van der Waals surface area contributed by atoms with Crippen LogP contribution in [0.4, 0.5) is 4.39 Å². The molecule has 2 aromatic rings. The van der Waals surface area contributed by atoms with E-state index in [2.05, 4.69) is 32.7 Å². The lowest BCUT2D eigenvalue weighted by atomic mass is 9.98. The topological polar surface area (TPSA) is 66.0 Å². The average Bonchev–Trinajstić information content (AvgIpc) is 3.24. The number of halogens is 1. The maximum atomic E-state index is 13.2. The van der Waals surface area contributed by atoms with Crippen molar-refractivity contribution >= 4 is 11.9 Å². The van der Waals surface area contributed by atoms with Gasteiger partial charge in [0.15, 0.2) is 5.96 Å². The van der Waals surface area contributed by atoms with Crippen LogP contribution < -0.4 is 15.4 Å². The molecule has 6 nitrogen and oxygen atoms in total. The van der Waals surface area contributed by atoms with Crippen molar-refractivity contribution in [2.24, 2.45) is 4.99 Å². The molecule has 1 fully saturated rings. The molecule has 1 atom stereocenters. The number of hydrogen-bond donors (Lipinski definition) is 2. The van der Waals surface area contributed by atoms with Crippen molar-refractivity contribution < 1.29 is 13.9 Å². The Morgan fingerprint density at radius 1 is 1.20 bits per heavy atom. The second kappa shape index (κ2) is 10.6. The maximum Gasteiger partial charge on any atom is 0.224 e. The third kappa shape index (κ3) is 5.95. The standard InChI is InChI=1S/C23H29FN4O2/c1-25-23(27-12-11-26-22(29)15-17-4-3-5-20(24)14-17)28-13-10-19(16-28)18-6-8-21(30-2)9-7-18/h3-9,14,19H,10-13,15-16H2,1-2H3,(H,25,27)(H,26,29). The summed E-state index contributed by atoms with van der Waals surface area (Å²) < 4.78 is 18.4. The number of rotatable bonds is 7. The smallest absolute Gasteiger partial charge is 0.224 e. The number of ether oxygens (including phenoxy) is 1. The van der Waals surface area contributed by atoms with Crippen molar-refractivity contribution in [3.63, 3.8) is 0 Å². The van der Waals surface area contributed by atoms with Crippen molar-refractivity contribution in [2.75, 3.05) is 40.3 Å². The minimum atomic E-state index is -0.329. The van der Waals surface area contributed by atoms with E-state index in [-0.39, 0.29) is 18.1 Å². The predicted octanol–water partition coefficient (Wildman–Crippen LogP) is 2.56. The molecule has 1 amide bonds. The van der Waals surface area contributed by atoms with E-state index in [4.69, 9.17) is 4.74 Å². The van der Waals surface area contributed by atoms with Gasteiger partial charge >= 0.3 is 0 Å². The van der Waals surface area contributed by atoms with Gasteiger partial charge in [-0.1, -0.05) is 24.3 Å². The highest BCUT2D eigenvalue weighted by molar-refractivity contribution is 5.81. The van der Waals surface area contributed by atoms with Crippen LogP contribution in [0.25, 0.3) is 0 Å². The lowest BCUT2D eigenvalue weighted by Crippen LogP contribution is -2.43. The van der Waals surface area contributed by atoms with Crippen LogP contribution in [0.2, 0.25) is 0 Å². The molecule has 0 aromatic heterocycles. The molecule has 1 heterocycles. The normalized spacial score (nSPS) is 16.4. The van der Waals surface area contributed by atoms with Gasteiger partial charge in [0.2, 0.25) is 5.91 Å². The van der Waals surface area contributed by atoms with Crippen LogP contribution >= 0.6 is 0 Å². The van der Waals surface area contributed by atoms with Crippen LogP contribution in [0.3, 0.4) is 0 Å². The molecule has 0 radical (unpaired) electrons. The van der Waals surface area contributed by atoms with Gasteiger partial charge < -0.3 is 20.3 Å². The third-order valence-corrected chi connectivity index (χ3v) is 5.27. The Balaban J connectivity index is 1.40. The maximum absolute atomic E-state index is 13.2. The van der Waals surface area contributed by atoms with Gasteiger partial charge in [-0.25, -0.2) is 4.39 Å². The molecule has 3 rings (SSSR count). The molecule has 1 aliphatic heterocycles. The van der Waals surface area contributed by atoms with E-state index in [1.165, 1.54) is 17.7 Å². The lowest BCUT2D eigenvalue weighted by Gasteiger charge is -2.22. The fourth-order valence-electron chi connectivity index (χ4n) is 3.70. The highest BCUT2D eigenvalue weighted by Gasteiger charge is 2.25. The van der Waals surface area contributed by atoms with Crippen LogP contribution in [0.1, 0.15) is 23.5 Å². The van der Waals surface area contributed by atoms with E-state index in [1.807, 2.05) is 12.1 Å². The third-order valence-electron chi connectivity index (χ3n) is 5.27. The van der Waals surface area contributed by atoms with E-state index in [1.54, 1.807) is 26.3 Å². The van der Waals surface area contributed by atoms with Gasteiger partial charge in [-0.05, 0) is 41.8 Å². The van der Waals surface area contributed by atoms with E-state index in [0.29, 0.717) is 24.6 Å². The van der Waals surface area contributed by atoms with Gasteiger partial charge in [0.05, 0.1) is 13.5 Å². The van der Waals surface area contributed by atoms with Crippen LogP contribution in [-0.2, 0) is 11.2 Å². The fourth-order valence-corrected chi connectivity index (χ4v) is 3.70. The van der Waals surface area contributed by atoms with Crippen LogP contribution in [0, 0.1) is 5.82 Å². The van der Waals surface area contributed by atoms with Crippen molar-refractivity contribution in [2.45, 2.75) is 18.8 Å². The first kappa shape index (κ1) is 21.6. The minimum Gasteiger partial charge on any atom is -0.497 e. The van der Waals surface area contributed by atoms with E-state index in [9.17, 15) is 9.18 Å². The molecular weight excluding hydrogens is 383 g/mol. The van der Waals surface area contributed by atoms with E-state index in [0.717, 1.165) is 31.2 Å². The Kier molecular flexibility index (Phi) is 7.65. The van der Waals surface area contributed by atoms with E-state index < -0.39 is 0 Å². The predicted molar refractivity (Wildman–Crippen MR) is 116 cm³/mol. The largest absolute Gasteiger partial charge is 0.497 e. The van der Waals surface area contributed by atoms with Crippen molar-refractivity contribution in [3.05, 3.63) is 65.5 Å². The Labute approximate surface area is 177 Å². The molecular formula is C23H29FN4O2. The second-order valence-electron chi connectivity index (χ2n) is 7.34. The number of amides is 1. The SMILES string of the molecule is CN=C(NCCNC(=O)Cc1cccc(F)c1)N1CCC(c2ccc(OC)cc2)C1. The molecule has 0 bridgehead atoms. The second-order valence-corrected chi connectivity index (χ2v) is 7.34. The van der Waals surface area contributed by atoms with Crippen molar-refractivity contribution in [1.29, 1.82) is 0 Å². The molecule has 0 aliphatic carbocycles. The number of aliphatic imine (C=N–C) groups is 1. The molecule has 2 N–H and O–H groups in total. The molecule has 1 saturated heterocycles. The molecule has 0 spiro atoms. The van der Waals surface area contributed by atoms with E-state index >= 15 is 0 Å². The molecule has 1 aliphatic rings. The number of nitrogens with one attached hydrogen (secondary N) is 2. The summed E-state index contributed by atoms with van der Waals surface area (Å²) in [6, 6.07) is 14.3. The summed E-state index contributed by atoms with van der Waals surface area (Å²) in [7, 11) is 3.44. The Bertz CT molecular complexity index is 870. The first-order valence-corrected chi connectivity index (χ1v) is 10.2.